The molecule has 1 nitrogen and oxygen atoms in total. The molecular weight excluding hydrogens is 242 g/mol. The van der Waals surface area contributed by atoms with Crippen LogP contribution < -0.4 is 5.32 Å². The van der Waals surface area contributed by atoms with Crippen LogP contribution in [0.2, 0.25) is 0 Å². The highest BCUT2D eigenvalue weighted by Gasteiger charge is 2.61. The summed E-state index contributed by atoms with van der Waals surface area (Å²) in [7, 11) is 0. The van der Waals surface area contributed by atoms with Gasteiger partial charge in [0.15, 0.2) is 0 Å². The lowest BCUT2D eigenvalue weighted by atomic mass is 9.69. The molecule has 0 spiro atoms. The minimum Gasteiger partial charge on any atom is -0.382 e. The average Bonchev–Trinajstić information content (AvgIpc) is 2.72. The molecular formula is C19H29N. The molecule has 20 heavy (non-hydrogen) atoms. The zero-order chi connectivity index (χ0) is 14.5. The highest BCUT2D eigenvalue weighted by molar-refractivity contribution is 5.54. The molecule has 3 unspecified atom stereocenters. The van der Waals surface area contributed by atoms with E-state index < -0.39 is 0 Å². The van der Waals surface area contributed by atoms with Crippen molar-refractivity contribution in [3.8, 4) is 0 Å². The van der Waals surface area contributed by atoms with E-state index in [0.29, 0.717) is 22.8 Å². The van der Waals surface area contributed by atoms with Crippen molar-refractivity contribution < 1.29 is 0 Å². The highest BCUT2D eigenvalue weighted by atomic mass is 15.0. The van der Waals surface area contributed by atoms with Crippen LogP contribution in [0.15, 0.2) is 24.3 Å². The third-order valence-electron chi connectivity index (χ3n) is 6.71. The van der Waals surface area contributed by atoms with E-state index in [9.17, 15) is 0 Å². The quantitative estimate of drug-likeness (QED) is 0.772. The van der Waals surface area contributed by atoms with Gasteiger partial charge in [-0.1, -0.05) is 52.8 Å². The van der Waals surface area contributed by atoms with Crippen LogP contribution in [0, 0.1) is 16.7 Å². The molecule has 2 aliphatic rings. The molecule has 2 saturated carbocycles. The Morgan fingerprint density at radius 2 is 1.85 bits per heavy atom. The van der Waals surface area contributed by atoms with Crippen molar-refractivity contribution in [1.29, 1.82) is 0 Å². The van der Waals surface area contributed by atoms with E-state index >= 15 is 0 Å². The van der Waals surface area contributed by atoms with E-state index in [1.807, 2.05) is 0 Å². The maximum atomic E-state index is 3.92. The number of rotatable bonds is 3. The van der Waals surface area contributed by atoms with E-state index in [-0.39, 0.29) is 0 Å². The van der Waals surface area contributed by atoms with E-state index in [4.69, 9.17) is 0 Å². The van der Waals surface area contributed by atoms with Crippen LogP contribution in [-0.2, 0) is 0 Å². The Morgan fingerprint density at radius 3 is 2.40 bits per heavy atom. The van der Waals surface area contributed by atoms with Gasteiger partial charge in [-0.2, -0.15) is 0 Å². The molecule has 0 heterocycles. The Labute approximate surface area is 124 Å². The summed E-state index contributed by atoms with van der Waals surface area (Å²) >= 11 is 0. The van der Waals surface area contributed by atoms with Crippen molar-refractivity contribution in [3.05, 3.63) is 29.8 Å². The molecule has 2 fully saturated rings. The van der Waals surface area contributed by atoms with Gasteiger partial charge in [0.2, 0.25) is 0 Å². The van der Waals surface area contributed by atoms with E-state index in [1.165, 1.54) is 30.5 Å². The second kappa shape index (κ2) is 4.51. The van der Waals surface area contributed by atoms with Gasteiger partial charge in [-0.15, -0.1) is 0 Å². The summed E-state index contributed by atoms with van der Waals surface area (Å²) in [5.74, 6) is 1.48. The van der Waals surface area contributed by atoms with Crippen molar-refractivity contribution in [2.75, 3.05) is 5.32 Å². The molecule has 3 atom stereocenters. The number of benzene rings is 1. The van der Waals surface area contributed by atoms with E-state index in [2.05, 4.69) is 64.2 Å². The van der Waals surface area contributed by atoms with Gasteiger partial charge in [0, 0.05) is 11.7 Å². The number of hydrogen-bond acceptors (Lipinski definition) is 1. The van der Waals surface area contributed by atoms with Crippen LogP contribution in [0.25, 0.3) is 0 Å². The minimum atomic E-state index is 0.446. The number of fused-ring (bicyclic) bond motifs is 2. The summed E-state index contributed by atoms with van der Waals surface area (Å²) in [5.41, 5.74) is 3.74. The van der Waals surface area contributed by atoms with Gasteiger partial charge in [0.05, 0.1) is 0 Å². The zero-order valence-electron chi connectivity index (χ0n) is 13.7. The smallest absolute Gasteiger partial charge is 0.0377 e. The molecule has 0 radical (unpaired) electrons. The predicted octanol–water partition coefficient (Wildman–Crippen LogP) is 5.44. The first-order valence-electron chi connectivity index (χ1n) is 8.22. The van der Waals surface area contributed by atoms with Crippen molar-refractivity contribution in [2.45, 2.75) is 65.8 Å². The van der Waals surface area contributed by atoms with Gasteiger partial charge >= 0.3 is 0 Å². The van der Waals surface area contributed by atoms with Crippen molar-refractivity contribution >= 4 is 5.69 Å². The average molecular weight is 271 g/mol. The Hall–Kier alpha value is -0.980. The van der Waals surface area contributed by atoms with Gasteiger partial charge in [-0.3, -0.25) is 0 Å². The topological polar surface area (TPSA) is 12.0 Å². The molecule has 0 aromatic heterocycles. The SMILES string of the molecule is CC(C)c1ccccc1NC1CC2CCC1(C)C2(C)C. The molecule has 1 aromatic carbocycles. The molecule has 0 saturated heterocycles. The van der Waals surface area contributed by atoms with Gasteiger partial charge in [0.1, 0.15) is 0 Å². The predicted molar refractivity (Wildman–Crippen MR) is 87.2 cm³/mol. The summed E-state index contributed by atoms with van der Waals surface area (Å²) in [6, 6.07) is 9.49. The maximum absolute atomic E-state index is 3.92. The number of nitrogens with one attached hydrogen (secondary N) is 1. The Morgan fingerprint density at radius 1 is 1.15 bits per heavy atom. The molecule has 1 N–H and O–H groups in total. The lowest BCUT2D eigenvalue weighted by Gasteiger charge is -2.40. The molecule has 110 valence electrons. The van der Waals surface area contributed by atoms with E-state index in [0.717, 1.165) is 5.92 Å². The van der Waals surface area contributed by atoms with Crippen molar-refractivity contribution in [2.24, 2.45) is 16.7 Å². The molecule has 2 bridgehead atoms. The van der Waals surface area contributed by atoms with Gasteiger partial charge in [-0.05, 0) is 53.6 Å². The van der Waals surface area contributed by atoms with Crippen molar-refractivity contribution in [1.82, 2.24) is 0 Å². The third-order valence-corrected chi connectivity index (χ3v) is 6.71. The fraction of sp³-hybridized carbons (Fsp3) is 0.684. The van der Waals surface area contributed by atoms with E-state index in [1.54, 1.807) is 0 Å². The molecule has 3 rings (SSSR count). The summed E-state index contributed by atoms with van der Waals surface area (Å²) < 4.78 is 0. The Balaban J connectivity index is 1.87. The van der Waals surface area contributed by atoms with Crippen LogP contribution in [0.5, 0.6) is 0 Å². The standard InChI is InChI=1S/C19H29N/c1-13(2)15-8-6-7-9-16(15)20-17-12-14-10-11-19(17,5)18(14,3)4/h6-9,13-14,17,20H,10-12H2,1-5H3. The van der Waals surface area contributed by atoms with Crippen LogP contribution in [-0.4, -0.2) is 6.04 Å². The summed E-state index contributed by atoms with van der Waals surface area (Å²) in [5, 5.41) is 3.92. The molecule has 0 amide bonds. The Bertz CT molecular complexity index is 502. The fourth-order valence-electron chi connectivity index (χ4n) is 4.74. The first-order chi connectivity index (χ1) is 9.36. The summed E-state index contributed by atoms with van der Waals surface area (Å²) in [6.07, 6.45) is 4.15. The number of para-hydroxylation sites is 1. The number of hydrogen-bond donors (Lipinski definition) is 1. The van der Waals surface area contributed by atoms with Gasteiger partial charge in [-0.25, -0.2) is 0 Å². The first-order valence-corrected chi connectivity index (χ1v) is 8.22. The molecule has 0 aliphatic heterocycles. The van der Waals surface area contributed by atoms with Gasteiger partial charge in [0.25, 0.3) is 0 Å². The van der Waals surface area contributed by atoms with Crippen LogP contribution >= 0.6 is 0 Å². The normalized spacial score (nSPS) is 34.7. The highest BCUT2D eigenvalue weighted by Crippen LogP contribution is 2.65. The van der Waals surface area contributed by atoms with Crippen molar-refractivity contribution in [3.63, 3.8) is 0 Å². The van der Waals surface area contributed by atoms with Crippen LogP contribution in [0.4, 0.5) is 5.69 Å². The lowest BCUT2D eigenvalue weighted by Crippen LogP contribution is -2.40. The molecule has 1 heteroatoms. The monoisotopic (exact) mass is 271 g/mol. The first kappa shape index (κ1) is 14.0. The Kier molecular flexibility index (Phi) is 3.15. The second-order valence-corrected chi connectivity index (χ2v) is 8.05. The summed E-state index contributed by atoms with van der Waals surface area (Å²) in [4.78, 5) is 0. The second-order valence-electron chi connectivity index (χ2n) is 8.05. The summed E-state index contributed by atoms with van der Waals surface area (Å²) in [6.45, 7) is 12.1. The minimum absolute atomic E-state index is 0.446. The fourth-order valence-corrected chi connectivity index (χ4v) is 4.74. The molecule has 1 aromatic rings. The third kappa shape index (κ3) is 1.82. The van der Waals surface area contributed by atoms with Crippen LogP contribution in [0.1, 0.15) is 65.4 Å². The van der Waals surface area contributed by atoms with Gasteiger partial charge < -0.3 is 5.32 Å². The lowest BCUT2D eigenvalue weighted by molar-refractivity contribution is 0.142. The largest absolute Gasteiger partial charge is 0.382 e. The zero-order valence-corrected chi connectivity index (χ0v) is 13.7. The van der Waals surface area contributed by atoms with Crippen LogP contribution in [0.3, 0.4) is 0 Å². The number of anilines is 1. The maximum Gasteiger partial charge on any atom is 0.0377 e. The molecule has 2 aliphatic carbocycles.